The fraction of sp³-hybridized carbons (Fsp3) is 0.533. The first-order valence-electron chi connectivity index (χ1n) is 6.85. The van der Waals surface area contributed by atoms with Gasteiger partial charge in [0.15, 0.2) is 11.5 Å². The highest BCUT2D eigenvalue weighted by Gasteiger charge is 2.38. The second-order valence-electron chi connectivity index (χ2n) is 5.55. The zero-order valence-electron chi connectivity index (χ0n) is 11.1. The zero-order valence-corrected chi connectivity index (χ0v) is 11.1. The second kappa shape index (κ2) is 4.76. The van der Waals surface area contributed by atoms with Crippen LogP contribution in [0.3, 0.4) is 0 Å². The van der Waals surface area contributed by atoms with Crippen LogP contribution in [-0.2, 0) is 0 Å². The van der Waals surface area contributed by atoms with Gasteiger partial charge in [0.1, 0.15) is 0 Å². The molecule has 1 aromatic rings. The summed E-state index contributed by atoms with van der Waals surface area (Å²) in [7, 11) is 1.50. The Morgan fingerprint density at radius 2 is 2.00 bits per heavy atom. The van der Waals surface area contributed by atoms with Gasteiger partial charge < -0.3 is 14.7 Å². The van der Waals surface area contributed by atoms with Crippen molar-refractivity contribution in [3.63, 3.8) is 0 Å². The topological polar surface area (TPSA) is 49.8 Å². The summed E-state index contributed by atoms with van der Waals surface area (Å²) in [6.45, 7) is 1.74. The van der Waals surface area contributed by atoms with Crippen molar-refractivity contribution in [3.8, 4) is 11.5 Å². The first-order chi connectivity index (χ1) is 9.19. The van der Waals surface area contributed by atoms with Gasteiger partial charge in [-0.15, -0.1) is 0 Å². The van der Waals surface area contributed by atoms with E-state index in [0.29, 0.717) is 23.1 Å². The molecule has 1 aromatic carbocycles. The summed E-state index contributed by atoms with van der Waals surface area (Å²) in [6.07, 6.45) is 3.81. The van der Waals surface area contributed by atoms with E-state index in [9.17, 15) is 9.90 Å². The van der Waals surface area contributed by atoms with Crippen LogP contribution in [0.1, 0.15) is 29.6 Å². The first-order valence-corrected chi connectivity index (χ1v) is 6.85. The van der Waals surface area contributed by atoms with Crippen LogP contribution in [0.4, 0.5) is 0 Å². The molecule has 1 saturated heterocycles. The number of hydrogen-bond acceptors (Lipinski definition) is 3. The van der Waals surface area contributed by atoms with Crippen molar-refractivity contribution in [2.24, 2.45) is 11.8 Å². The maximum atomic E-state index is 12.4. The number of likely N-dealkylation sites (tertiary alicyclic amines) is 1. The van der Waals surface area contributed by atoms with Crippen molar-refractivity contribution in [2.45, 2.75) is 19.3 Å². The molecule has 19 heavy (non-hydrogen) atoms. The molecule has 4 heteroatoms. The van der Waals surface area contributed by atoms with Gasteiger partial charge in [0, 0.05) is 18.7 Å². The van der Waals surface area contributed by atoms with E-state index in [1.807, 2.05) is 4.90 Å². The van der Waals surface area contributed by atoms with Crippen LogP contribution in [0.15, 0.2) is 18.2 Å². The fourth-order valence-corrected chi connectivity index (χ4v) is 3.41. The number of phenols is 1. The third-order valence-electron chi connectivity index (χ3n) is 4.44. The van der Waals surface area contributed by atoms with Gasteiger partial charge in [-0.3, -0.25) is 4.79 Å². The molecule has 2 aliphatic rings. The van der Waals surface area contributed by atoms with Gasteiger partial charge in [0.2, 0.25) is 0 Å². The number of amides is 1. The Bertz CT molecular complexity index is 488. The maximum absolute atomic E-state index is 12.4. The van der Waals surface area contributed by atoms with Crippen LogP contribution in [0, 0.1) is 11.8 Å². The molecule has 1 heterocycles. The number of carbonyl (C=O) groups is 1. The molecule has 2 atom stereocenters. The summed E-state index contributed by atoms with van der Waals surface area (Å²) in [5.41, 5.74) is 0.540. The van der Waals surface area contributed by atoms with Gasteiger partial charge >= 0.3 is 0 Å². The van der Waals surface area contributed by atoms with E-state index in [-0.39, 0.29) is 11.7 Å². The lowest BCUT2D eigenvalue weighted by atomic mass is 10.0. The number of ether oxygens (including phenoxy) is 1. The molecule has 0 bridgehead atoms. The Balaban J connectivity index is 1.75. The van der Waals surface area contributed by atoms with Crippen LogP contribution in [0.25, 0.3) is 0 Å². The molecule has 2 unspecified atom stereocenters. The number of phenolic OH excluding ortho intramolecular Hbond substituents is 1. The fourth-order valence-electron chi connectivity index (χ4n) is 3.41. The normalized spacial score (nSPS) is 25.4. The summed E-state index contributed by atoms with van der Waals surface area (Å²) >= 11 is 0. The molecular formula is C15H19NO3. The summed E-state index contributed by atoms with van der Waals surface area (Å²) in [5.74, 6) is 1.82. The number of aromatic hydroxyl groups is 1. The van der Waals surface area contributed by atoms with Crippen molar-refractivity contribution < 1.29 is 14.6 Å². The average Bonchev–Trinajstić information content (AvgIpc) is 2.98. The van der Waals surface area contributed by atoms with Crippen LogP contribution in [0.2, 0.25) is 0 Å². The Morgan fingerprint density at radius 1 is 1.32 bits per heavy atom. The molecule has 0 radical (unpaired) electrons. The summed E-state index contributed by atoms with van der Waals surface area (Å²) in [5, 5.41) is 9.75. The highest BCUT2D eigenvalue weighted by Crippen LogP contribution is 2.38. The second-order valence-corrected chi connectivity index (χ2v) is 5.55. The van der Waals surface area contributed by atoms with Gasteiger partial charge in [0.05, 0.1) is 7.11 Å². The number of nitrogens with zero attached hydrogens (tertiary/aromatic N) is 1. The molecule has 102 valence electrons. The van der Waals surface area contributed by atoms with Gasteiger partial charge in [-0.05, 0) is 42.9 Å². The first kappa shape index (κ1) is 12.3. The van der Waals surface area contributed by atoms with Gasteiger partial charge in [-0.1, -0.05) is 6.42 Å². The molecule has 1 N–H and O–H groups in total. The molecule has 3 rings (SSSR count). The molecular weight excluding hydrogens is 242 g/mol. The minimum Gasteiger partial charge on any atom is -0.504 e. The zero-order chi connectivity index (χ0) is 13.4. The van der Waals surface area contributed by atoms with Gasteiger partial charge in [0.25, 0.3) is 5.91 Å². The third-order valence-corrected chi connectivity index (χ3v) is 4.44. The Labute approximate surface area is 113 Å². The van der Waals surface area contributed by atoms with Crippen molar-refractivity contribution in [1.82, 2.24) is 4.90 Å². The predicted molar refractivity (Wildman–Crippen MR) is 71.4 cm³/mol. The van der Waals surface area contributed by atoms with Crippen LogP contribution < -0.4 is 4.74 Å². The number of rotatable bonds is 2. The van der Waals surface area contributed by atoms with E-state index in [1.54, 1.807) is 12.1 Å². The quantitative estimate of drug-likeness (QED) is 0.888. The van der Waals surface area contributed by atoms with E-state index in [2.05, 4.69) is 0 Å². The van der Waals surface area contributed by atoms with Crippen molar-refractivity contribution in [3.05, 3.63) is 23.8 Å². The molecule has 2 fully saturated rings. The smallest absolute Gasteiger partial charge is 0.254 e. The van der Waals surface area contributed by atoms with E-state index >= 15 is 0 Å². The summed E-state index contributed by atoms with van der Waals surface area (Å²) in [4.78, 5) is 14.3. The Morgan fingerprint density at radius 3 is 2.58 bits per heavy atom. The molecule has 1 amide bonds. The lowest BCUT2D eigenvalue weighted by molar-refractivity contribution is 0.0780. The molecule has 1 saturated carbocycles. The Hall–Kier alpha value is -1.71. The molecule has 0 aromatic heterocycles. The largest absolute Gasteiger partial charge is 0.504 e. The highest BCUT2D eigenvalue weighted by molar-refractivity contribution is 5.95. The molecule has 1 aliphatic carbocycles. The summed E-state index contributed by atoms with van der Waals surface area (Å²) in [6, 6.07) is 4.85. The maximum Gasteiger partial charge on any atom is 0.254 e. The molecule has 4 nitrogen and oxygen atoms in total. The van der Waals surface area contributed by atoms with Gasteiger partial charge in [-0.2, -0.15) is 0 Å². The van der Waals surface area contributed by atoms with Gasteiger partial charge in [-0.25, -0.2) is 0 Å². The van der Waals surface area contributed by atoms with Crippen molar-refractivity contribution in [2.75, 3.05) is 20.2 Å². The highest BCUT2D eigenvalue weighted by atomic mass is 16.5. The monoisotopic (exact) mass is 261 g/mol. The number of fused-ring (bicyclic) bond motifs is 1. The minimum absolute atomic E-state index is 0.0207. The average molecular weight is 261 g/mol. The lowest BCUT2D eigenvalue weighted by Crippen LogP contribution is -2.29. The lowest BCUT2D eigenvalue weighted by Gasteiger charge is -2.17. The van der Waals surface area contributed by atoms with E-state index < -0.39 is 0 Å². The van der Waals surface area contributed by atoms with Crippen molar-refractivity contribution >= 4 is 5.91 Å². The van der Waals surface area contributed by atoms with E-state index in [1.165, 1.54) is 32.4 Å². The van der Waals surface area contributed by atoms with Crippen LogP contribution in [-0.4, -0.2) is 36.1 Å². The van der Waals surface area contributed by atoms with Crippen molar-refractivity contribution in [1.29, 1.82) is 0 Å². The Kier molecular flexibility index (Phi) is 3.09. The van der Waals surface area contributed by atoms with Crippen LogP contribution in [0.5, 0.6) is 11.5 Å². The van der Waals surface area contributed by atoms with Crippen LogP contribution >= 0.6 is 0 Å². The van der Waals surface area contributed by atoms with E-state index in [0.717, 1.165) is 13.1 Å². The molecule has 0 spiro atoms. The minimum atomic E-state index is 0.0207. The summed E-state index contributed by atoms with van der Waals surface area (Å²) < 4.78 is 4.99. The third kappa shape index (κ3) is 2.15. The number of hydrogen-bond donors (Lipinski definition) is 1. The number of methoxy groups -OCH3 is 1. The SMILES string of the molecule is COc1ccc(C(=O)N2CC3CCCC3C2)cc1O. The molecule has 1 aliphatic heterocycles. The number of benzene rings is 1. The standard InChI is InChI=1S/C15H19NO3/c1-19-14-6-5-10(7-13(14)17)15(18)16-8-11-3-2-4-12(11)9-16/h5-7,11-12,17H,2-4,8-9H2,1H3. The number of carbonyl (C=O) groups excluding carboxylic acids is 1. The van der Waals surface area contributed by atoms with E-state index in [4.69, 9.17) is 4.74 Å². The predicted octanol–water partition coefficient (Wildman–Crippen LogP) is 2.27.